The molecule has 0 aliphatic heterocycles. The van der Waals surface area contributed by atoms with Crippen molar-refractivity contribution in [1.82, 2.24) is 5.32 Å². The first kappa shape index (κ1) is 21.2. The van der Waals surface area contributed by atoms with Gasteiger partial charge in [0.2, 0.25) is 0 Å². The molecule has 0 atom stereocenters. The standard InChI is InChI=1S/C18H31NO4/c1-9-11-18(12-10-2,13-14(20)22-16(3,4)5)19-15(21)23-17(6,7)8/h9-10H,1-2,11-13H2,3-8H3,(H,19,21). The lowest BCUT2D eigenvalue weighted by atomic mass is 9.87. The van der Waals surface area contributed by atoms with Gasteiger partial charge in [0.15, 0.2) is 0 Å². The molecule has 0 spiro atoms. The Hall–Kier alpha value is -1.78. The molecule has 0 bridgehead atoms. The molecule has 1 amide bonds. The maximum Gasteiger partial charge on any atom is 0.408 e. The summed E-state index contributed by atoms with van der Waals surface area (Å²) in [6.07, 6.45) is 3.55. The van der Waals surface area contributed by atoms with Crippen LogP contribution >= 0.6 is 0 Å². The Kier molecular flexibility index (Phi) is 7.55. The molecule has 0 unspecified atom stereocenters. The Morgan fingerprint density at radius 3 is 1.70 bits per heavy atom. The van der Waals surface area contributed by atoms with Crippen molar-refractivity contribution in [1.29, 1.82) is 0 Å². The number of hydrogen-bond acceptors (Lipinski definition) is 4. The predicted molar refractivity (Wildman–Crippen MR) is 92.2 cm³/mol. The number of nitrogens with one attached hydrogen (secondary N) is 1. The Morgan fingerprint density at radius 1 is 0.913 bits per heavy atom. The molecule has 0 fully saturated rings. The number of carbonyl (C=O) groups is 2. The lowest BCUT2D eigenvalue weighted by Crippen LogP contribution is -2.51. The molecular formula is C18H31NO4. The third-order valence-electron chi connectivity index (χ3n) is 2.74. The van der Waals surface area contributed by atoms with E-state index in [1.807, 2.05) is 0 Å². The van der Waals surface area contributed by atoms with Gasteiger partial charge in [-0.3, -0.25) is 4.79 Å². The van der Waals surface area contributed by atoms with Gasteiger partial charge in [-0.2, -0.15) is 0 Å². The van der Waals surface area contributed by atoms with E-state index in [1.165, 1.54) is 0 Å². The normalized spacial score (nSPS) is 12.3. The molecule has 1 N–H and O–H groups in total. The van der Waals surface area contributed by atoms with Crippen LogP contribution in [-0.4, -0.2) is 28.8 Å². The zero-order valence-corrected chi connectivity index (χ0v) is 15.3. The van der Waals surface area contributed by atoms with Gasteiger partial charge < -0.3 is 14.8 Å². The molecular weight excluding hydrogens is 294 g/mol. The summed E-state index contributed by atoms with van der Waals surface area (Å²) in [5.74, 6) is -0.391. The third-order valence-corrected chi connectivity index (χ3v) is 2.74. The topological polar surface area (TPSA) is 64.6 Å². The van der Waals surface area contributed by atoms with Gasteiger partial charge in [0, 0.05) is 0 Å². The average Bonchev–Trinajstić information content (AvgIpc) is 2.22. The minimum absolute atomic E-state index is 0.0154. The second kappa shape index (κ2) is 8.18. The highest BCUT2D eigenvalue weighted by atomic mass is 16.6. The molecule has 0 saturated heterocycles. The zero-order chi connectivity index (χ0) is 18.3. The summed E-state index contributed by atoms with van der Waals surface area (Å²) in [5.41, 5.74) is -2.06. The lowest BCUT2D eigenvalue weighted by Gasteiger charge is -2.34. The van der Waals surface area contributed by atoms with Crippen molar-refractivity contribution in [3.8, 4) is 0 Å². The van der Waals surface area contributed by atoms with Crippen molar-refractivity contribution in [3.63, 3.8) is 0 Å². The van der Waals surface area contributed by atoms with Crippen LogP contribution in [0.2, 0.25) is 0 Å². The van der Waals surface area contributed by atoms with Gasteiger partial charge in [-0.05, 0) is 54.4 Å². The van der Waals surface area contributed by atoms with Gasteiger partial charge in [0.25, 0.3) is 0 Å². The molecule has 5 heteroatoms. The SMILES string of the molecule is C=CCC(CC=C)(CC(=O)OC(C)(C)C)NC(=O)OC(C)(C)C. The van der Waals surface area contributed by atoms with Crippen molar-refractivity contribution < 1.29 is 19.1 Å². The highest BCUT2D eigenvalue weighted by molar-refractivity contribution is 5.74. The number of carbonyl (C=O) groups excluding carboxylic acids is 2. The lowest BCUT2D eigenvalue weighted by molar-refractivity contribution is -0.156. The number of amides is 1. The summed E-state index contributed by atoms with van der Waals surface area (Å²) < 4.78 is 10.7. The van der Waals surface area contributed by atoms with Crippen molar-refractivity contribution in [2.45, 2.75) is 77.5 Å². The van der Waals surface area contributed by atoms with Gasteiger partial charge in [0.1, 0.15) is 11.2 Å². The van der Waals surface area contributed by atoms with Crippen LogP contribution < -0.4 is 5.32 Å². The summed E-state index contributed by atoms with van der Waals surface area (Å²) >= 11 is 0. The van der Waals surface area contributed by atoms with E-state index < -0.39 is 28.8 Å². The first-order valence-electron chi connectivity index (χ1n) is 7.77. The van der Waals surface area contributed by atoms with E-state index >= 15 is 0 Å². The van der Waals surface area contributed by atoms with Crippen LogP contribution in [0.1, 0.15) is 60.8 Å². The van der Waals surface area contributed by atoms with E-state index in [0.29, 0.717) is 12.8 Å². The summed E-state index contributed by atoms with van der Waals surface area (Å²) in [5, 5.41) is 2.80. The van der Waals surface area contributed by atoms with Gasteiger partial charge in [-0.1, -0.05) is 12.2 Å². The van der Waals surface area contributed by atoms with Crippen molar-refractivity contribution >= 4 is 12.1 Å². The van der Waals surface area contributed by atoms with Crippen molar-refractivity contribution in [2.24, 2.45) is 0 Å². The maximum absolute atomic E-state index is 12.2. The number of esters is 1. The highest BCUT2D eigenvalue weighted by Crippen LogP contribution is 2.24. The summed E-state index contributed by atoms with van der Waals surface area (Å²) in [7, 11) is 0. The van der Waals surface area contributed by atoms with Crippen molar-refractivity contribution in [3.05, 3.63) is 25.3 Å². The minimum Gasteiger partial charge on any atom is -0.460 e. The van der Waals surface area contributed by atoms with E-state index in [-0.39, 0.29) is 6.42 Å². The molecule has 132 valence electrons. The quantitative estimate of drug-likeness (QED) is 0.564. The van der Waals surface area contributed by atoms with Gasteiger partial charge in [-0.25, -0.2) is 4.79 Å². The van der Waals surface area contributed by atoms with Gasteiger partial charge in [0.05, 0.1) is 12.0 Å². The summed E-state index contributed by atoms with van der Waals surface area (Å²) in [6.45, 7) is 18.2. The number of rotatable bonds is 7. The Bertz CT molecular complexity index is 399. The molecule has 0 aromatic rings. The molecule has 0 saturated carbocycles. The van der Waals surface area contributed by atoms with E-state index in [0.717, 1.165) is 0 Å². The maximum atomic E-state index is 12.2. The van der Waals surface area contributed by atoms with E-state index in [9.17, 15) is 9.59 Å². The van der Waals surface area contributed by atoms with Gasteiger partial charge >= 0.3 is 12.1 Å². The van der Waals surface area contributed by atoms with Crippen LogP contribution in [0.4, 0.5) is 4.79 Å². The van der Waals surface area contributed by atoms with Crippen LogP contribution in [0, 0.1) is 0 Å². The van der Waals surface area contributed by atoms with E-state index in [2.05, 4.69) is 18.5 Å². The largest absolute Gasteiger partial charge is 0.460 e. The fourth-order valence-electron chi connectivity index (χ4n) is 2.10. The molecule has 0 aromatic carbocycles. The molecule has 23 heavy (non-hydrogen) atoms. The van der Waals surface area contributed by atoms with Gasteiger partial charge in [-0.15, -0.1) is 13.2 Å². The Morgan fingerprint density at radius 2 is 1.35 bits per heavy atom. The Balaban J connectivity index is 5.22. The molecule has 5 nitrogen and oxygen atoms in total. The molecule has 0 heterocycles. The second-order valence-electron chi connectivity index (χ2n) is 7.66. The van der Waals surface area contributed by atoms with Crippen LogP contribution in [0.5, 0.6) is 0 Å². The third kappa shape index (κ3) is 9.76. The molecule has 0 aliphatic rings. The van der Waals surface area contributed by atoms with Crippen LogP contribution in [-0.2, 0) is 14.3 Å². The Labute approximate surface area is 140 Å². The van der Waals surface area contributed by atoms with Crippen molar-refractivity contribution in [2.75, 3.05) is 0 Å². The second-order valence-corrected chi connectivity index (χ2v) is 7.66. The number of hydrogen-bond donors (Lipinski definition) is 1. The number of ether oxygens (including phenoxy) is 2. The fourth-order valence-corrected chi connectivity index (χ4v) is 2.10. The van der Waals surface area contributed by atoms with Crippen LogP contribution in [0.3, 0.4) is 0 Å². The average molecular weight is 325 g/mol. The smallest absolute Gasteiger partial charge is 0.408 e. The highest BCUT2D eigenvalue weighted by Gasteiger charge is 2.35. The molecule has 0 radical (unpaired) electrons. The molecule has 0 rings (SSSR count). The predicted octanol–water partition coefficient (Wildman–Crippen LogP) is 4.13. The number of alkyl carbamates (subject to hydrolysis) is 1. The van der Waals surface area contributed by atoms with E-state index in [1.54, 1.807) is 53.7 Å². The zero-order valence-electron chi connectivity index (χ0n) is 15.3. The molecule has 0 aliphatic carbocycles. The summed E-state index contributed by atoms with van der Waals surface area (Å²) in [6, 6.07) is 0. The minimum atomic E-state index is -0.853. The van der Waals surface area contributed by atoms with E-state index in [4.69, 9.17) is 9.47 Å². The fraction of sp³-hybridized carbons (Fsp3) is 0.667. The summed E-state index contributed by atoms with van der Waals surface area (Å²) in [4.78, 5) is 24.3. The first-order chi connectivity index (χ1) is 10.3. The molecule has 0 aromatic heterocycles. The van der Waals surface area contributed by atoms with Crippen LogP contribution in [0.15, 0.2) is 25.3 Å². The monoisotopic (exact) mass is 325 g/mol. The van der Waals surface area contributed by atoms with Crippen LogP contribution in [0.25, 0.3) is 0 Å². The first-order valence-corrected chi connectivity index (χ1v) is 7.77.